The molecular weight excluding hydrogens is 598 g/mol. The van der Waals surface area contributed by atoms with Crippen LogP contribution >= 0.6 is 0 Å². The Kier molecular flexibility index (Phi) is 7.43. The number of aliphatic hydroxyl groups excluding tert-OH is 1. The molecule has 1 amide bonds. The molecule has 6 atom stereocenters. The lowest BCUT2D eigenvalue weighted by Gasteiger charge is -2.37. The molecular formula is C31H37N7O8+2. The number of quaternary nitrogens is 2. The second kappa shape index (κ2) is 11.3. The number of aliphatic hydroxyl groups is 2. The number of carbonyl (C=O) groups excluding carboxylic acids is 2. The molecule has 5 aliphatic heterocycles. The summed E-state index contributed by atoms with van der Waals surface area (Å²) in [6, 6.07) is 0. The Balaban J connectivity index is 1.30. The fourth-order valence-corrected chi connectivity index (χ4v) is 7.31. The first kappa shape index (κ1) is 30.1. The quantitative estimate of drug-likeness (QED) is 0.169. The van der Waals surface area contributed by atoms with Gasteiger partial charge in [0.25, 0.3) is 11.7 Å². The van der Waals surface area contributed by atoms with Crippen LogP contribution in [0.1, 0.15) is 55.7 Å². The highest BCUT2D eigenvalue weighted by Gasteiger charge is 2.52. The van der Waals surface area contributed by atoms with Crippen molar-refractivity contribution in [3.8, 4) is 17.2 Å². The molecule has 6 aliphatic rings. The first-order valence-electron chi connectivity index (χ1n) is 15.4. The van der Waals surface area contributed by atoms with Gasteiger partial charge in [0.15, 0.2) is 6.67 Å². The van der Waals surface area contributed by atoms with Crippen LogP contribution in [-0.4, -0.2) is 84.5 Å². The van der Waals surface area contributed by atoms with E-state index in [9.17, 15) is 19.8 Å². The molecule has 0 spiro atoms. The Bertz CT molecular complexity index is 1690. The van der Waals surface area contributed by atoms with Crippen LogP contribution in [0.5, 0.6) is 17.2 Å². The standard InChI is InChI=1S/C31H35N7O8/c1-4-44-28(41)18-12-15(7-10-37-11-9-33-30(37)38-14-34-21-26(38)35-29(32)36-27(21)40)19-22(45-18)17(13-39)23-20(24(19)43-3)16-6-5-8-31(2,42)25(16)46-23/h7,9,11-12,16,25,30,33,39,42H,4-6,8,10,13-14H2,1-3H3,(H2,32,36,40)/p+2/b15-7+/t16-,25+,30?,31-/m1/s1. The fourth-order valence-electron chi connectivity index (χ4n) is 7.31. The van der Waals surface area contributed by atoms with E-state index in [1.807, 2.05) is 18.5 Å². The fraction of sp³-hybridized carbons (Fsp3) is 0.452. The van der Waals surface area contributed by atoms with Gasteiger partial charge in [-0.25, -0.2) is 14.7 Å². The highest BCUT2D eigenvalue weighted by atomic mass is 16.6. The van der Waals surface area contributed by atoms with E-state index in [2.05, 4.69) is 20.6 Å². The number of amides is 1. The van der Waals surface area contributed by atoms with E-state index in [0.29, 0.717) is 47.0 Å². The summed E-state index contributed by atoms with van der Waals surface area (Å²) in [7, 11) is 1.56. The van der Waals surface area contributed by atoms with Crippen LogP contribution in [0, 0.1) is 5.41 Å². The van der Waals surface area contributed by atoms with Crippen LogP contribution in [0.3, 0.4) is 0 Å². The molecule has 0 radical (unpaired) electrons. The molecule has 5 heterocycles. The van der Waals surface area contributed by atoms with E-state index in [0.717, 1.165) is 28.2 Å². The number of methoxy groups -OCH3 is 1. The second-order valence-electron chi connectivity index (χ2n) is 12.2. The van der Waals surface area contributed by atoms with E-state index in [1.54, 1.807) is 27.0 Å². The van der Waals surface area contributed by atoms with Gasteiger partial charge in [-0.2, -0.15) is 9.89 Å². The zero-order valence-corrected chi connectivity index (χ0v) is 25.7. The molecule has 3 unspecified atom stereocenters. The largest absolute Gasteiger partial charge is 0.496 e. The Hall–Kier alpha value is -4.57. The summed E-state index contributed by atoms with van der Waals surface area (Å²) in [5, 5.41) is 35.5. The Morgan fingerprint density at radius 2 is 2.17 bits per heavy atom. The number of ether oxygens (including phenoxy) is 4. The third-order valence-electron chi connectivity index (χ3n) is 9.35. The van der Waals surface area contributed by atoms with Crippen LogP contribution in [0.25, 0.3) is 5.57 Å². The molecule has 1 aliphatic carbocycles. The summed E-state index contributed by atoms with van der Waals surface area (Å²) in [4.78, 5) is 35.8. The summed E-state index contributed by atoms with van der Waals surface area (Å²) in [6.07, 6.45) is 8.65. The Morgan fingerprint density at radius 1 is 1.35 bits per heavy atom. The van der Waals surface area contributed by atoms with Gasteiger partial charge in [0, 0.05) is 11.5 Å². The van der Waals surface area contributed by atoms with Crippen molar-refractivity contribution in [3.63, 3.8) is 0 Å². The molecule has 15 nitrogen and oxygen atoms in total. The molecule has 1 aromatic carbocycles. The van der Waals surface area contributed by atoms with Crippen molar-refractivity contribution in [2.24, 2.45) is 9.98 Å². The van der Waals surface area contributed by atoms with Crippen molar-refractivity contribution < 1.29 is 48.5 Å². The molecule has 15 heteroatoms. The lowest BCUT2D eigenvalue weighted by atomic mass is 9.74. The number of nitrogens with one attached hydrogen (secondary N) is 5. The average Bonchev–Trinajstić information content (AvgIpc) is 3.76. The predicted octanol–water partition coefficient (Wildman–Crippen LogP) is -1.81. The van der Waals surface area contributed by atoms with Gasteiger partial charge in [-0.15, -0.1) is 0 Å². The number of aliphatic imine (C=N–C) groups is 2. The van der Waals surface area contributed by atoms with Gasteiger partial charge in [-0.1, -0.05) is 0 Å². The first-order valence-corrected chi connectivity index (χ1v) is 15.4. The van der Waals surface area contributed by atoms with Gasteiger partial charge in [-0.05, 0) is 50.8 Å². The maximum Gasteiger partial charge on any atom is 0.374 e. The molecule has 0 bridgehead atoms. The molecule has 7 rings (SSSR count). The Labute approximate surface area is 264 Å². The van der Waals surface area contributed by atoms with Crippen LogP contribution in [0.2, 0.25) is 0 Å². The first-order chi connectivity index (χ1) is 22.2. The van der Waals surface area contributed by atoms with Gasteiger partial charge in [0.05, 0.1) is 43.3 Å². The summed E-state index contributed by atoms with van der Waals surface area (Å²) < 4.78 is 23.9. The zero-order valence-electron chi connectivity index (χ0n) is 25.7. The summed E-state index contributed by atoms with van der Waals surface area (Å²) in [6.45, 7) is 3.87. The number of amidine groups is 1. The maximum atomic E-state index is 13.0. The monoisotopic (exact) mass is 635 g/mol. The van der Waals surface area contributed by atoms with Crippen LogP contribution in [-0.2, 0) is 20.9 Å². The number of rotatable bonds is 7. The summed E-state index contributed by atoms with van der Waals surface area (Å²) >= 11 is 0. The highest BCUT2D eigenvalue weighted by molar-refractivity contribution is 6.68. The number of hydrogen-bond donors (Lipinski definition) is 7. The number of esters is 1. The highest BCUT2D eigenvalue weighted by Crippen LogP contribution is 2.59. The van der Waals surface area contributed by atoms with E-state index in [1.165, 1.54) is 0 Å². The van der Waals surface area contributed by atoms with E-state index >= 15 is 0 Å². The van der Waals surface area contributed by atoms with Crippen LogP contribution < -0.4 is 34.6 Å². The minimum Gasteiger partial charge on any atom is -0.496 e. The minimum absolute atomic E-state index is 0.0503. The van der Waals surface area contributed by atoms with E-state index in [-0.39, 0.29) is 48.7 Å². The number of allylic oxidation sites excluding steroid dienone is 2. The third kappa shape index (κ3) is 4.69. The lowest BCUT2D eigenvalue weighted by molar-refractivity contribution is -1.05. The molecule has 1 aromatic rings. The minimum atomic E-state index is -1.08. The van der Waals surface area contributed by atoms with Gasteiger partial charge in [0.2, 0.25) is 17.4 Å². The number of benzene rings is 1. The smallest absolute Gasteiger partial charge is 0.374 e. The van der Waals surface area contributed by atoms with Crippen LogP contribution in [0.15, 0.2) is 40.3 Å². The predicted molar refractivity (Wildman–Crippen MR) is 162 cm³/mol. The summed E-state index contributed by atoms with van der Waals surface area (Å²) in [5.74, 6) is 0.0103. The molecule has 0 aromatic heterocycles. The van der Waals surface area contributed by atoms with Crippen molar-refractivity contribution in [3.05, 3.63) is 47.0 Å². The lowest BCUT2D eigenvalue weighted by Crippen LogP contribution is -3.36. The number of guanidine groups is 1. The third-order valence-corrected chi connectivity index (χ3v) is 9.35. The average molecular weight is 636 g/mol. The molecule has 1 fully saturated rings. The number of fused-ring (bicyclic) bond motifs is 5. The molecule has 7 N–H and O–H groups in total. The van der Waals surface area contributed by atoms with Gasteiger partial charge in [0.1, 0.15) is 36.1 Å². The molecule has 1 saturated carbocycles. The SMILES string of the molecule is CCOC(=O)C1=C/C(=C\C[NH+]2C=CNC2[NH+]2CN=C3C(=O)NC(=N)N=C32)c2c(c(CO)c3c(c2OC)[C@H]2CCC[C@@](C)(O)[C@H]2O3)O1. The van der Waals surface area contributed by atoms with Crippen molar-refractivity contribution in [2.75, 3.05) is 26.9 Å². The molecule has 46 heavy (non-hydrogen) atoms. The number of hydrogen-bond acceptors (Lipinski definition) is 11. The maximum absolute atomic E-state index is 13.0. The summed E-state index contributed by atoms with van der Waals surface area (Å²) in [5.41, 5.74) is 1.47. The second-order valence-corrected chi connectivity index (χ2v) is 12.2. The number of nitrogens with zero attached hydrogens (tertiary/aromatic N) is 2. The number of carbonyl (C=O) groups is 2. The normalized spacial score (nSPS) is 31.3. The van der Waals surface area contributed by atoms with E-state index in [4.69, 9.17) is 24.4 Å². The Morgan fingerprint density at radius 3 is 2.93 bits per heavy atom. The van der Waals surface area contributed by atoms with Gasteiger partial charge < -0.3 is 29.2 Å². The van der Waals surface area contributed by atoms with Gasteiger partial charge in [-0.3, -0.25) is 20.8 Å². The topological polar surface area (TPSA) is 193 Å². The van der Waals surface area contributed by atoms with Crippen LogP contribution in [0.4, 0.5) is 0 Å². The van der Waals surface area contributed by atoms with Crippen molar-refractivity contribution in [1.82, 2.24) is 10.6 Å². The van der Waals surface area contributed by atoms with Gasteiger partial charge >= 0.3 is 12.3 Å². The molecule has 242 valence electrons. The van der Waals surface area contributed by atoms with Crippen molar-refractivity contribution in [2.45, 2.75) is 63.6 Å². The van der Waals surface area contributed by atoms with Crippen molar-refractivity contribution in [1.29, 1.82) is 5.41 Å². The van der Waals surface area contributed by atoms with E-state index < -0.39 is 30.2 Å². The van der Waals surface area contributed by atoms with Crippen molar-refractivity contribution >= 4 is 35.0 Å². The zero-order chi connectivity index (χ0) is 32.3. The molecule has 0 saturated heterocycles.